The molecule has 2 aromatic carbocycles. The summed E-state index contributed by atoms with van der Waals surface area (Å²) in [6.07, 6.45) is 3.12. The van der Waals surface area contributed by atoms with Crippen LogP contribution in [0.3, 0.4) is 0 Å². The first kappa shape index (κ1) is 27.3. The molecular weight excluding hydrogens is 544 g/mol. The molecule has 0 fully saturated rings. The second-order valence-electron chi connectivity index (χ2n) is 6.41. The van der Waals surface area contributed by atoms with E-state index < -0.39 is 9.85 Å². The van der Waals surface area contributed by atoms with Gasteiger partial charge in [-0.1, -0.05) is 12.1 Å². The molecule has 0 bridgehead atoms. The summed E-state index contributed by atoms with van der Waals surface area (Å²) in [5.41, 5.74) is 0.183. The first-order chi connectivity index (χ1) is 16.3. The number of aromatic hydroxyl groups is 2. The molecule has 4 aromatic rings. The van der Waals surface area contributed by atoms with E-state index in [9.17, 15) is 30.4 Å². The van der Waals surface area contributed by atoms with Crippen molar-refractivity contribution < 1.29 is 37.1 Å². The third kappa shape index (κ3) is 8.12. The van der Waals surface area contributed by atoms with Gasteiger partial charge >= 0.3 is 0 Å². The van der Waals surface area contributed by atoms with E-state index in [4.69, 9.17) is 0 Å². The van der Waals surface area contributed by atoms with E-state index in [1.807, 2.05) is 35.0 Å². The van der Waals surface area contributed by atoms with E-state index in [0.29, 0.717) is 0 Å². The summed E-state index contributed by atoms with van der Waals surface area (Å²) in [5, 5.41) is 44.0. The van der Waals surface area contributed by atoms with Gasteiger partial charge in [0, 0.05) is 63.5 Å². The van der Waals surface area contributed by atoms with Crippen molar-refractivity contribution in [2.45, 2.75) is 0 Å². The Bertz CT molecular complexity index is 1240. The zero-order valence-electron chi connectivity index (χ0n) is 17.5. The number of hydrogen-bond donors (Lipinski definition) is 2. The minimum atomic E-state index is -0.524. The molecule has 0 saturated heterocycles. The SMILES string of the molecule is O=[N+]([O-])c1ccc(O)c(N=Cc2cccs2)c1.O=[N+]([O-])c1ccc(O)c(N=Cc2cccs2)c1.[Cu]. The van der Waals surface area contributed by atoms with Crippen LogP contribution in [0.25, 0.3) is 0 Å². The third-order valence-electron chi connectivity index (χ3n) is 4.09. The quantitative estimate of drug-likeness (QED) is 0.124. The number of nitro benzene ring substituents is 2. The number of nitrogens with zero attached hydrogens (tertiary/aromatic N) is 4. The molecule has 183 valence electrons. The first-order valence-electron chi connectivity index (χ1n) is 9.43. The van der Waals surface area contributed by atoms with Gasteiger partial charge < -0.3 is 10.2 Å². The van der Waals surface area contributed by atoms with Crippen molar-refractivity contribution in [3.63, 3.8) is 0 Å². The van der Waals surface area contributed by atoms with E-state index in [1.54, 1.807) is 12.4 Å². The smallest absolute Gasteiger partial charge is 0.271 e. The summed E-state index contributed by atoms with van der Waals surface area (Å²) >= 11 is 2.99. The summed E-state index contributed by atoms with van der Waals surface area (Å²) in [7, 11) is 0. The number of nitro groups is 2. The van der Waals surface area contributed by atoms with E-state index in [-0.39, 0.29) is 51.3 Å². The Morgan fingerprint density at radius 1 is 0.714 bits per heavy atom. The predicted molar refractivity (Wildman–Crippen MR) is 133 cm³/mol. The molecule has 35 heavy (non-hydrogen) atoms. The van der Waals surface area contributed by atoms with Crippen molar-refractivity contribution in [1.82, 2.24) is 0 Å². The van der Waals surface area contributed by atoms with Crippen LogP contribution < -0.4 is 0 Å². The molecule has 2 N–H and O–H groups in total. The predicted octanol–water partition coefficient (Wildman–Crippen LogP) is 6.22. The number of thiophene rings is 2. The molecule has 0 unspecified atom stereocenters. The minimum absolute atomic E-state index is 0. The number of phenolic OH excluding ortho intramolecular Hbond substituents is 2. The average Bonchev–Trinajstić information content (AvgIpc) is 3.52. The van der Waals surface area contributed by atoms with Crippen LogP contribution in [0.4, 0.5) is 22.7 Å². The molecule has 0 amide bonds. The molecule has 0 aliphatic heterocycles. The van der Waals surface area contributed by atoms with Gasteiger partial charge in [0.25, 0.3) is 11.4 Å². The van der Waals surface area contributed by atoms with Crippen LogP contribution in [0.1, 0.15) is 9.75 Å². The van der Waals surface area contributed by atoms with Gasteiger partial charge in [-0.25, -0.2) is 0 Å². The van der Waals surface area contributed by atoms with Crippen molar-refractivity contribution in [3.8, 4) is 11.5 Å². The summed E-state index contributed by atoms with van der Waals surface area (Å²) in [4.78, 5) is 30.0. The largest absolute Gasteiger partial charge is 0.506 e. The number of hydrogen-bond acceptors (Lipinski definition) is 10. The zero-order chi connectivity index (χ0) is 24.5. The molecule has 1 radical (unpaired) electrons. The Labute approximate surface area is 217 Å². The summed E-state index contributed by atoms with van der Waals surface area (Å²) in [6, 6.07) is 14.9. The van der Waals surface area contributed by atoms with Crippen molar-refractivity contribution in [2.75, 3.05) is 0 Å². The fourth-order valence-electron chi connectivity index (χ4n) is 2.45. The Morgan fingerprint density at radius 3 is 1.43 bits per heavy atom. The third-order valence-corrected chi connectivity index (χ3v) is 5.70. The Balaban J connectivity index is 0.000000240. The molecule has 2 heterocycles. The van der Waals surface area contributed by atoms with Crippen LogP contribution >= 0.6 is 22.7 Å². The molecule has 13 heteroatoms. The van der Waals surface area contributed by atoms with Crippen molar-refractivity contribution in [2.24, 2.45) is 9.98 Å². The van der Waals surface area contributed by atoms with Crippen LogP contribution in [-0.4, -0.2) is 32.5 Å². The molecule has 0 aliphatic carbocycles. The summed E-state index contributed by atoms with van der Waals surface area (Å²) < 4.78 is 0. The summed E-state index contributed by atoms with van der Waals surface area (Å²) in [6.45, 7) is 0. The molecule has 0 aliphatic rings. The fraction of sp³-hybridized carbons (Fsp3) is 0. The van der Waals surface area contributed by atoms with Crippen molar-refractivity contribution >= 4 is 57.9 Å². The van der Waals surface area contributed by atoms with Crippen molar-refractivity contribution in [1.29, 1.82) is 0 Å². The molecule has 10 nitrogen and oxygen atoms in total. The molecule has 2 aromatic heterocycles. The first-order valence-corrected chi connectivity index (χ1v) is 11.2. The maximum Gasteiger partial charge on any atom is 0.271 e. The monoisotopic (exact) mass is 559 g/mol. The topological polar surface area (TPSA) is 151 Å². The Morgan fingerprint density at radius 2 is 1.11 bits per heavy atom. The van der Waals surface area contributed by atoms with Gasteiger partial charge in [0.15, 0.2) is 0 Å². The standard InChI is InChI=1S/2C11H8N2O3S.Cu/c2*14-11-4-3-8(13(15)16)6-10(11)12-7-9-2-1-5-17-9;/h2*1-7,14H;. The Hall–Kier alpha value is -3.90. The summed E-state index contributed by atoms with van der Waals surface area (Å²) in [5.74, 6) is -0.160. The molecule has 4 rings (SSSR count). The van der Waals surface area contributed by atoms with Gasteiger partial charge in [-0.3, -0.25) is 30.2 Å². The van der Waals surface area contributed by atoms with Gasteiger partial charge in [-0.2, -0.15) is 0 Å². The van der Waals surface area contributed by atoms with Gasteiger partial charge in [0.1, 0.15) is 22.9 Å². The van der Waals surface area contributed by atoms with Gasteiger partial charge in [-0.15, -0.1) is 22.7 Å². The van der Waals surface area contributed by atoms with Gasteiger partial charge in [0.05, 0.1) is 9.85 Å². The fourth-order valence-corrected chi connectivity index (χ4v) is 3.62. The second kappa shape index (κ2) is 13.1. The number of phenols is 2. The molecule has 0 atom stereocenters. The van der Waals surface area contributed by atoms with E-state index >= 15 is 0 Å². The minimum Gasteiger partial charge on any atom is -0.506 e. The Kier molecular flexibility index (Phi) is 10.2. The molecule has 0 spiro atoms. The van der Waals surface area contributed by atoms with Crippen LogP contribution in [0, 0.1) is 20.2 Å². The van der Waals surface area contributed by atoms with E-state index in [0.717, 1.165) is 9.75 Å². The number of rotatable bonds is 6. The van der Waals surface area contributed by atoms with Crippen LogP contribution in [0.15, 0.2) is 81.4 Å². The molecular formula is C22H16CuN4O6S2. The van der Waals surface area contributed by atoms with E-state index in [2.05, 4.69) is 9.98 Å². The normalized spacial score (nSPS) is 10.5. The van der Waals surface area contributed by atoms with Gasteiger partial charge in [0.2, 0.25) is 0 Å². The number of benzene rings is 2. The maximum absolute atomic E-state index is 10.6. The maximum atomic E-state index is 10.6. The average molecular weight is 560 g/mol. The van der Waals surface area contributed by atoms with Crippen LogP contribution in [-0.2, 0) is 17.1 Å². The van der Waals surface area contributed by atoms with Crippen LogP contribution in [0.5, 0.6) is 11.5 Å². The van der Waals surface area contributed by atoms with Gasteiger partial charge in [-0.05, 0) is 35.0 Å². The number of aliphatic imine (C=N–C) groups is 2. The zero-order valence-corrected chi connectivity index (χ0v) is 20.1. The second-order valence-corrected chi connectivity index (χ2v) is 8.37. The molecule has 0 saturated carbocycles. The van der Waals surface area contributed by atoms with Crippen molar-refractivity contribution in [3.05, 3.63) is 101 Å². The van der Waals surface area contributed by atoms with Crippen LogP contribution in [0.2, 0.25) is 0 Å². The van der Waals surface area contributed by atoms with E-state index in [1.165, 1.54) is 59.1 Å². The number of non-ortho nitro benzene ring substituents is 2.